The summed E-state index contributed by atoms with van der Waals surface area (Å²) in [6, 6.07) is 10.9. The Labute approximate surface area is 113 Å². The molecule has 2 aromatic rings. The number of hydrogen-bond acceptors (Lipinski definition) is 1. The largest absolute Gasteiger partial charge is 0.344 e. The summed E-state index contributed by atoms with van der Waals surface area (Å²) in [6.07, 6.45) is 0. The highest BCUT2D eigenvalue weighted by Gasteiger charge is 2.10. The molecule has 0 spiro atoms. The number of anilines is 2. The van der Waals surface area contributed by atoms with Crippen LogP contribution in [0.4, 0.5) is 20.2 Å². The van der Waals surface area contributed by atoms with Crippen LogP contribution < -0.4 is 4.90 Å². The first-order valence-electron chi connectivity index (χ1n) is 5.45. The molecule has 0 amide bonds. The van der Waals surface area contributed by atoms with Crippen molar-refractivity contribution in [3.8, 4) is 0 Å². The van der Waals surface area contributed by atoms with E-state index in [9.17, 15) is 8.78 Å². The zero-order valence-corrected chi connectivity index (χ0v) is 11.4. The summed E-state index contributed by atoms with van der Waals surface area (Å²) in [4.78, 5) is 1.83. The lowest BCUT2D eigenvalue weighted by molar-refractivity contribution is 0.625. The number of nitrogens with zero attached hydrogens (tertiary/aromatic N) is 1. The third kappa shape index (κ3) is 2.70. The number of hydrogen-bond donors (Lipinski definition) is 0. The topological polar surface area (TPSA) is 3.24 Å². The van der Waals surface area contributed by atoms with Crippen LogP contribution in [0.25, 0.3) is 0 Å². The maximum atomic E-state index is 13.2. The molecule has 0 heterocycles. The molecule has 0 unspecified atom stereocenters. The molecular weight excluding hydrogens is 300 g/mol. The van der Waals surface area contributed by atoms with Gasteiger partial charge in [-0.15, -0.1) is 0 Å². The molecule has 0 bridgehead atoms. The van der Waals surface area contributed by atoms with Gasteiger partial charge < -0.3 is 4.90 Å². The van der Waals surface area contributed by atoms with E-state index in [1.165, 1.54) is 24.3 Å². The number of benzene rings is 2. The first-order chi connectivity index (χ1) is 8.61. The lowest BCUT2D eigenvalue weighted by atomic mass is 10.1. The van der Waals surface area contributed by atoms with E-state index in [1.54, 1.807) is 12.1 Å². The molecule has 0 radical (unpaired) electrons. The van der Waals surface area contributed by atoms with Crippen molar-refractivity contribution in [3.63, 3.8) is 0 Å². The third-order valence-electron chi connectivity index (χ3n) is 2.74. The fourth-order valence-electron chi connectivity index (χ4n) is 1.81. The molecule has 2 aromatic carbocycles. The van der Waals surface area contributed by atoms with Crippen molar-refractivity contribution in [1.82, 2.24) is 0 Å². The Bertz CT molecular complexity index is 557. The summed E-state index contributed by atoms with van der Waals surface area (Å²) in [6.45, 7) is 0. The molecule has 0 aromatic heterocycles. The molecule has 0 aliphatic heterocycles. The van der Waals surface area contributed by atoms with Crippen molar-refractivity contribution in [2.24, 2.45) is 0 Å². The molecule has 2 rings (SSSR count). The van der Waals surface area contributed by atoms with Crippen LogP contribution in [-0.4, -0.2) is 7.05 Å². The summed E-state index contributed by atoms with van der Waals surface area (Å²) >= 11 is 3.33. The minimum atomic E-state index is -0.290. The lowest BCUT2D eigenvalue weighted by Crippen LogP contribution is -2.11. The highest BCUT2D eigenvalue weighted by molar-refractivity contribution is 9.08. The summed E-state index contributed by atoms with van der Waals surface area (Å²) < 4.78 is 26.4. The second-order valence-electron chi connectivity index (χ2n) is 3.95. The maximum absolute atomic E-state index is 13.2. The standard InChI is InChI=1S/C14H12BrF2N/c1-18(13-4-2-3-11(16)8-13)14-6-5-12(17)7-10(14)9-15/h2-8H,9H2,1H3. The highest BCUT2D eigenvalue weighted by Crippen LogP contribution is 2.29. The molecule has 1 nitrogen and oxygen atoms in total. The van der Waals surface area contributed by atoms with Crippen molar-refractivity contribution in [3.05, 3.63) is 59.7 Å². The van der Waals surface area contributed by atoms with Crippen LogP contribution in [0.15, 0.2) is 42.5 Å². The Balaban J connectivity index is 2.42. The van der Waals surface area contributed by atoms with Crippen LogP contribution in [-0.2, 0) is 5.33 Å². The van der Waals surface area contributed by atoms with Crippen molar-refractivity contribution in [2.75, 3.05) is 11.9 Å². The Morgan fingerprint density at radius 2 is 1.78 bits per heavy atom. The quantitative estimate of drug-likeness (QED) is 0.747. The van der Waals surface area contributed by atoms with Crippen LogP contribution in [0.3, 0.4) is 0 Å². The fourth-order valence-corrected chi connectivity index (χ4v) is 2.26. The van der Waals surface area contributed by atoms with Crippen LogP contribution in [0.5, 0.6) is 0 Å². The van der Waals surface area contributed by atoms with E-state index in [1.807, 2.05) is 18.0 Å². The average molecular weight is 312 g/mol. The van der Waals surface area contributed by atoms with Gasteiger partial charge in [0.15, 0.2) is 0 Å². The lowest BCUT2D eigenvalue weighted by Gasteiger charge is -2.22. The SMILES string of the molecule is CN(c1cccc(F)c1)c1ccc(F)cc1CBr. The summed E-state index contributed by atoms with van der Waals surface area (Å²) in [5.41, 5.74) is 2.39. The molecule has 0 saturated heterocycles. The zero-order chi connectivity index (χ0) is 13.1. The van der Waals surface area contributed by atoms with Gasteiger partial charge in [-0.25, -0.2) is 8.78 Å². The van der Waals surface area contributed by atoms with Crippen molar-refractivity contribution >= 4 is 27.3 Å². The predicted molar refractivity (Wildman–Crippen MR) is 73.5 cm³/mol. The van der Waals surface area contributed by atoms with Crippen LogP contribution in [0, 0.1) is 11.6 Å². The smallest absolute Gasteiger partial charge is 0.125 e. The Morgan fingerprint density at radius 3 is 2.44 bits per heavy atom. The molecule has 94 valence electrons. The molecule has 0 aliphatic carbocycles. The van der Waals surface area contributed by atoms with Gasteiger partial charge in [-0.2, -0.15) is 0 Å². The Hall–Kier alpha value is -1.42. The summed E-state index contributed by atoms with van der Waals surface area (Å²) in [7, 11) is 1.83. The second kappa shape index (κ2) is 5.48. The van der Waals surface area contributed by atoms with E-state index in [0.717, 1.165) is 16.9 Å². The van der Waals surface area contributed by atoms with Gasteiger partial charge in [-0.1, -0.05) is 22.0 Å². The number of alkyl halides is 1. The van der Waals surface area contributed by atoms with Crippen LogP contribution in [0.2, 0.25) is 0 Å². The van der Waals surface area contributed by atoms with Crippen molar-refractivity contribution < 1.29 is 8.78 Å². The van der Waals surface area contributed by atoms with E-state index in [0.29, 0.717) is 5.33 Å². The first-order valence-corrected chi connectivity index (χ1v) is 6.57. The number of halogens is 3. The summed E-state index contributed by atoms with van der Waals surface area (Å²) in [5, 5.41) is 0.541. The van der Waals surface area contributed by atoms with E-state index in [4.69, 9.17) is 0 Å². The molecule has 0 N–H and O–H groups in total. The second-order valence-corrected chi connectivity index (χ2v) is 4.51. The van der Waals surface area contributed by atoms with Crippen molar-refractivity contribution in [1.29, 1.82) is 0 Å². The third-order valence-corrected chi connectivity index (χ3v) is 3.35. The molecule has 0 atom stereocenters. The molecule has 4 heteroatoms. The number of rotatable bonds is 3. The average Bonchev–Trinajstić information content (AvgIpc) is 2.37. The van der Waals surface area contributed by atoms with Crippen molar-refractivity contribution in [2.45, 2.75) is 5.33 Å². The first kappa shape index (κ1) is 13.0. The minimum absolute atomic E-state index is 0.277. The van der Waals surface area contributed by atoms with E-state index < -0.39 is 0 Å². The van der Waals surface area contributed by atoms with Gasteiger partial charge >= 0.3 is 0 Å². The molecule has 0 saturated carbocycles. The van der Waals surface area contributed by atoms with Gasteiger partial charge in [0, 0.05) is 23.8 Å². The molecular formula is C14H12BrF2N. The van der Waals surface area contributed by atoms with Gasteiger partial charge in [-0.05, 0) is 42.0 Å². The van der Waals surface area contributed by atoms with Crippen LogP contribution in [0.1, 0.15) is 5.56 Å². The van der Waals surface area contributed by atoms with Gasteiger partial charge in [0.05, 0.1) is 0 Å². The normalized spacial score (nSPS) is 10.4. The van der Waals surface area contributed by atoms with E-state index in [-0.39, 0.29) is 11.6 Å². The van der Waals surface area contributed by atoms with E-state index >= 15 is 0 Å². The fraction of sp³-hybridized carbons (Fsp3) is 0.143. The zero-order valence-electron chi connectivity index (χ0n) is 9.83. The van der Waals surface area contributed by atoms with Crippen LogP contribution >= 0.6 is 15.9 Å². The van der Waals surface area contributed by atoms with Gasteiger partial charge in [0.1, 0.15) is 11.6 Å². The van der Waals surface area contributed by atoms with Gasteiger partial charge in [0.25, 0.3) is 0 Å². The van der Waals surface area contributed by atoms with E-state index in [2.05, 4.69) is 15.9 Å². The highest BCUT2D eigenvalue weighted by atomic mass is 79.9. The predicted octanol–water partition coefficient (Wildman–Crippen LogP) is 4.63. The van der Waals surface area contributed by atoms with Gasteiger partial charge in [-0.3, -0.25) is 0 Å². The summed E-state index contributed by atoms with van der Waals surface area (Å²) in [5.74, 6) is -0.567. The Kier molecular flexibility index (Phi) is 3.97. The maximum Gasteiger partial charge on any atom is 0.125 e. The van der Waals surface area contributed by atoms with Gasteiger partial charge in [0.2, 0.25) is 0 Å². The molecule has 0 fully saturated rings. The monoisotopic (exact) mass is 311 g/mol. The molecule has 0 aliphatic rings. The molecule has 18 heavy (non-hydrogen) atoms. The Morgan fingerprint density at radius 1 is 1.06 bits per heavy atom. The minimum Gasteiger partial charge on any atom is -0.344 e.